The van der Waals surface area contributed by atoms with Crippen molar-refractivity contribution in [2.24, 2.45) is 5.41 Å². The predicted molar refractivity (Wildman–Crippen MR) is 246 cm³/mol. The van der Waals surface area contributed by atoms with Gasteiger partial charge in [-0.15, -0.1) is 0 Å². The number of carbonyl (C=O) groups is 1. The van der Waals surface area contributed by atoms with Crippen LogP contribution in [0.5, 0.6) is 5.75 Å². The summed E-state index contributed by atoms with van der Waals surface area (Å²) in [6, 6.07) is 20.6. The summed E-state index contributed by atoms with van der Waals surface area (Å²) in [5.41, 5.74) is 6.93. The summed E-state index contributed by atoms with van der Waals surface area (Å²) in [6.45, 7) is 12.0. The zero-order chi connectivity index (χ0) is 44.6. The van der Waals surface area contributed by atoms with E-state index in [2.05, 4.69) is 60.5 Å². The third-order valence-corrected chi connectivity index (χ3v) is 14.1. The Morgan fingerprint density at radius 2 is 1.77 bits per heavy atom. The second kappa shape index (κ2) is 18.0. The smallest absolute Gasteiger partial charge is 0.312 e. The van der Waals surface area contributed by atoms with Crippen molar-refractivity contribution in [3.63, 3.8) is 0 Å². The van der Waals surface area contributed by atoms with Crippen LogP contribution in [0.4, 0.5) is 11.4 Å². The van der Waals surface area contributed by atoms with Crippen molar-refractivity contribution < 1.29 is 27.6 Å². The molecule has 64 heavy (non-hydrogen) atoms. The van der Waals surface area contributed by atoms with E-state index in [1.807, 2.05) is 36.4 Å². The van der Waals surface area contributed by atoms with E-state index in [-0.39, 0.29) is 23.3 Å². The number of piperazine rings is 1. The van der Waals surface area contributed by atoms with Gasteiger partial charge < -0.3 is 14.4 Å². The van der Waals surface area contributed by atoms with Crippen LogP contribution in [0.15, 0.2) is 95.7 Å². The summed E-state index contributed by atoms with van der Waals surface area (Å²) in [5.74, 6) is -0.989. The number of nitro groups is 1. The second-order valence-electron chi connectivity index (χ2n) is 17.4. The number of ether oxygens (including phenoxy) is 2. The normalized spacial score (nSPS) is 17.6. The highest BCUT2D eigenvalue weighted by molar-refractivity contribution is 7.90. The molecule has 18 heteroatoms. The Labute approximate surface area is 376 Å². The standard InChI is InChI=1S/C46H50ClN9O7S/c1-46(2)13-11-33(38(28-46)31-3-5-34(47)6-4-31)30-53-15-17-54(18-16-53)35-7-9-37(40(26-35)55-41-25-32-12-14-48-44(32)50-39(41)29-49-55)45(57)51-64(60,61)36-8-10-43(42(27-36)56(58)59)63-24-21-52-19-22-62-23-20-52/h3-10,12,14,25-27,29,49H,11,13,15-24,28,30H2,1-2H3,(H,51,57). The molecule has 3 aromatic heterocycles. The molecule has 3 aliphatic rings. The zero-order valence-corrected chi connectivity index (χ0v) is 37.3. The lowest BCUT2D eigenvalue weighted by Gasteiger charge is -2.39. The number of amides is 1. The molecule has 0 bridgehead atoms. The molecule has 1 amide bonds. The van der Waals surface area contributed by atoms with Gasteiger partial charge in [0.05, 0.1) is 39.8 Å². The molecule has 6 aromatic rings. The van der Waals surface area contributed by atoms with E-state index >= 15 is 0 Å². The quantitative estimate of drug-likeness (QED) is 0.0890. The summed E-state index contributed by atoms with van der Waals surface area (Å²) in [7, 11) is -4.59. The van der Waals surface area contributed by atoms with Crippen LogP contribution in [-0.2, 0) is 14.8 Å². The molecular weight excluding hydrogens is 858 g/mol. The topological polar surface area (TPSA) is 181 Å². The van der Waals surface area contributed by atoms with Gasteiger partial charge in [-0.05, 0) is 90.4 Å². The summed E-state index contributed by atoms with van der Waals surface area (Å²) < 4.78 is 42.6. The van der Waals surface area contributed by atoms with Crippen molar-refractivity contribution in [2.45, 2.75) is 38.0 Å². The van der Waals surface area contributed by atoms with E-state index in [0.717, 1.165) is 87.2 Å². The summed E-state index contributed by atoms with van der Waals surface area (Å²) in [4.78, 5) is 41.0. The Balaban J connectivity index is 0.965. The number of halogens is 1. The van der Waals surface area contributed by atoms with Crippen molar-refractivity contribution in [3.05, 3.63) is 117 Å². The number of anilines is 1. The lowest BCUT2D eigenvalue weighted by atomic mass is 9.72. The molecule has 2 N–H and O–H groups in total. The molecule has 3 aromatic carbocycles. The highest BCUT2D eigenvalue weighted by Crippen LogP contribution is 2.43. The number of benzene rings is 3. The van der Waals surface area contributed by atoms with E-state index < -0.39 is 31.4 Å². The van der Waals surface area contributed by atoms with Gasteiger partial charge in [-0.25, -0.2) is 23.1 Å². The monoisotopic (exact) mass is 907 g/mol. The number of morpholine rings is 1. The minimum absolute atomic E-state index is 0.0555. The fourth-order valence-corrected chi connectivity index (χ4v) is 9.99. The Bertz CT molecular complexity index is 2860. The van der Waals surface area contributed by atoms with Gasteiger partial charge in [0.25, 0.3) is 15.9 Å². The molecule has 0 spiro atoms. The number of H-pyrrole nitrogens is 1. The van der Waals surface area contributed by atoms with Crippen molar-refractivity contribution in [1.82, 2.24) is 34.3 Å². The van der Waals surface area contributed by atoms with Crippen LogP contribution in [0.25, 0.3) is 33.3 Å². The number of hydrogen-bond acceptors (Lipinski definition) is 12. The van der Waals surface area contributed by atoms with Crippen LogP contribution in [0, 0.1) is 15.5 Å². The van der Waals surface area contributed by atoms with Gasteiger partial charge in [-0.3, -0.25) is 34.5 Å². The number of nitro benzene ring substituents is 1. The van der Waals surface area contributed by atoms with Crippen molar-refractivity contribution >= 4 is 66.5 Å². The van der Waals surface area contributed by atoms with E-state index in [4.69, 9.17) is 21.1 Å². The van der Waals surface area contributed by atoms with Gasteiger partial charge in [0.1, 0.15) is 12.1 Å². The van der Waals surface area contributed by atoms with E-state index in [1.165, 1.54) is 28.8 Å². The zero-order valence-electron chi connectivity index (χ0n) is 35.8. The fourth-order valence-electron chi connectivity index (χ4n) is 8.88. The van der Waals surface area contributed by atoms with Crippen LogP contribution in [-0.4, -0.2) is 121 Å². The fraction of sp³-hybridized carbons (Fsp3) is 0.370. The second-order valence-corrected chi connectivity index (χ2v) is 19.5. The number of nitrogens with zero attached hydrogens (tertiary/aromatic N) is 7. The highest BCUT2D eigenvalue weighted by Gasteiger charge is 2.31. The van der Waals surface area contributed by atoms with Gasteiger partial charge in [0.2, 0.25) is 0 Å². The predicted octanol–water partition coefficient (Wildman–Crippen LogP) is 7.08. The van der Waals surface area contributed by atoms with Crippen molar-refractivity contribution in [2.75, 3.05) is 77.1 Å². The first-order valence-electron chi connectivity index (χ1n) is 21.5. The van der Waals surface area contributed by atoms with Crippen molar-refractivity contribution in [1.29, 1.82) is 0 Å². The number of carbonyl (C=O) groups excluding carboxylic acids is 1. The molecule has 2 aliphatic heterocycles. The van der Waals surface area contributed by atoms with Crippen LogP contribution < -0.4 is 14.4 Å². The maximum Gasteiger partial charge on any atom is 0.312 e. The molecule has 0 radical (unpaired) electrons. The van der Waals surface area contributed by atoms with E-state index in [0.29, 0.717) is 42.1 Å². The lowest BCUT2D eigenvalue weighted by molar-refractivity contribution is -0.386. The Morgan fingerprint density at radius 3 is 2.53 bits per heavy atom. The first-order valence-corrected chi connectivity index (χ1v) is 23.3. The van der Waals surface area contributed by atoms with Crippen LogP contribution in [0.2, 0.25) is 5.02 Å². The molecule has 0 saturated carbocycles. The van der Waals surface area contributed by atoms with E-state index in [9.17, 15) is 23.3 Å². The Hall–Kier alpha value is -5.85. The molecule has 334 valence electrons. The average Bonchev–Trinajstić information content (AvgIpc) is 3.93. The van der Waals surface area contributed by atoms with Gasteiger partial charge in [-0.1, -0.05) is 43.2 Å². The SMILES string of the molecule is CC1(C)CCC(CN2CCN(c3ccc(C(=O)NS(=O)(=O)c4ccc(OCCN5CCOCC5)c([N+](=O)[O-])c4)c(-n4[nH]cc5nc6nccc6cc54)c3)CC2)=C(c2ccc(Cl)cc2)C1. The molecule has 0 unspecified atom stereocenters. The molecule has 5 heterocycles. The van der Waals surface area contributed by atoms with Gasteiger partial charge in [0, 0.05) is 86.9 Å². The van der Waals surface area contributed by atoms with Gasteiger partial charge in [0.15, 0.2) is 11.4 Å². The molecule has 2 saturated heterocycles. The molecule has 9 rings (SSSR count). The number of hydrogen-bond donors (Lipinski definition) is 2. The van der Waals surface area contributed by atoms with Gasteiger partial charge >= 0.3 is 5.69 Å². The largest absolute Gasteiger partial charge is 0.485 e. The maximum absolute atomic E-state index is 14.2. The molecule has 2 fully saturated rings. The first-order chi connectivity index (χ1) is 30.8. The third kappa shape index (κ3) is 9.35. The van der Waals surface area contributed by atoms with Crippen molar-refractivity contribution in [3.8, 4) is 11.4 Å². The minimum atomic E-state index is -4.59. The average molecular weight is 908 g/mol. The summed E-state index contributed by atoms with van der Waals surface area (Å²) >= 11 is 6.26. The lowest BCUT2D eigenvalue weighted by Crippen LogP contribution is -2.47. The van der Waals surface area contributed by atoms with Crippen LogP contribution in [0.1, 0.15) is 49.0 Å². The number of pyridine rings is 1. The Kier molecular flexibility index (Phi) is 12.2. The number of rotatable bonds is 13. The minimum Gasteiger partial charge on any atom is -0.485 e. The third-order valence-electron chi connectivity index (χ3n) is 12.5. The maximum atomic E-state index is 14.2. The van der Waals surface area contributed by atoms with E-state index in [1.54, 1.807) is 23.1 Å². The highest BCUT2D eigenvalue weighted by atomic mass is 35.5. The van der Waals surface area contributed by atoms with Crippen LogP contribution >= 0.6 is 11.6 Å². The Morgan fingerprint density at radius 1 is 0.984 bits per heavy atom. The summed E-state index contributed by atoms with van der Waals surface area (Å²) in [6.07, 6.45) is 6.57. The molecular formula is C46H50ClN9O7S. The number of allylic oxidation sites excluding steroid dienone is 1. The van der Waals surface area contributed by atoms with Gasteiger partial charge in [-0.2, -0.15) is 0 Å². The number of nitrogens with one attached hydrogen (secondary N) is 2. The number of aromatic amines is 1. The number of aromatic nitrogens is 4. The molecule has 16 nitrogen and oxygen atoms in total. The first kappa shape index (κ1) is 43.4. The van der Waals surface area contributed by atoms with Crippen LogP contribution in [0.3, 0.4) is 0 Å². The molecule has 0 atom stereocenters. The number of sulfonamides is 1. The molecule has 1 aliphatic carbocycles. The number of fused-ring (bicyclic) bond motifs is 2. The summed E-state index contributed by atoms with van der Waals surface area (Å²) in [5, 5.41) is 16.9.